The highest BCUT2D eigenvalue weighted by molar-refractivity contribution is 5.85. The fraction of sp³-hybridized carbons (Fsp3) is 0.348. The van der Waals surface area contributed by atoms with E-state index in [-0.39, 0.29) is 0 Å². The number of hydrogen-bond acceptors (Lipinski definition) is 12. The number of carbonyl (C=O) groups is 4. The van der Waals surface area contributed by atoms with Gasteiger partial charge in [0.25, 0.3) is 0 Å². The van der Waals surface area contributed by atoms with Crippen LogP contribution in [-0.2, 0) is 19.2 Å². The molecule has 0 saturated heterocycles. The smallest absolute Gasteiger partial charge is 0.430 e. The molecule has 0 saturated carbocycles. The summed E-state index contributed by atoms with van der Waals surface area (Å²) >= 11 is 0. The van der Waals surface area contributed by atoms with E-state index in [1.165, 1.54) is 0 Å². The Morgan fingerprint density at radius 3 is 0.784 bits per heavy atom. The minimum absolute atomic E-state index is 0.608. The number of quaternary nitrogens is 4. The van der Waals surface area contributed by atoms with Gasteiger partial charge in [0.2, 0.25) is 0 Å². The highest BCUT2D eigenvalue weighted by Gasteiger charge is 2.30. The molecule has 4 rings (SSSR count). The van der Waals surface area contributed by atoms with Crippen molar-refractivity contribution in [2.75, 3.05) is 52.6 Å². The summed E-state index contributed by atoms with van der Waals surface area (Å²) in [4.78, 5) is 35.1. The van der Waals surface area contributed by atoms with Crippen molar-refractivity contribution >= 4 is 34.6 Å². The van der Waals surface area contributed by atoms with Crippen molar-refractivity contribution in [2.24, 2.45) is 0 Å². The zero-order chi connectivity index (χ0) is 56.7. The average molecular weight is 1080 g/mol. The predicted octanol–water partition coefficient (Wildman–Crippen LogP) is -1.12. The number of alkyl halides is 12. The second kappa shape index (κ2) is 33.1. The van der Waals surface area contributed by atoms with Crippen LogP contribution < -0.4 is 62.3 Å². The molecule has 0 aliphatic rings. The largest absolute Gasteiger partial charge is 0.542 e. The summed E-state index contributed by atoms with van der Waals surface area (Å²) in [6.45, 7) is 5.74. The van der Waals surface area contributed by atoms with Gasteiger partial charge in [-0.05, 0) is 59.3 Å². The van der Waals surface area contributed by atoms with Gasteiger partial charge in [-0.1, -0.05) is 35.8 Å². The van der Waals surface area contributed by atoms with Gasteiger partial charge in [-0.3, -0.25) is 0 Å². The van der Waals surface area contributed by atoms with Crippen molar-refractivity contribution in [1.82, 2.24) is 0 Å². The molecule has 0 atom stereocenters. The fourth-order valence-corrected chi connectivity index (χ4v) is 4.48. The van der Waals surface area contributed by atoms with Gasteiger partial charge in [0.1, 0.15) is 46.9 Å². The fourth-order valence-electron chi connectivity index (χ4n) is 4.48. The van der Waals surface area contributed by atoms with E-state index < -0.39 is 48.6 Å². The van der Waals surface area contributed by atoms with E-state index in [4.69, 9.17) is 58.6 Å². The maximum Gasteiger partial charge on any atom is 0.430 e. The second-order valence-corrected chi connectivity index (χ2v) is 14.0. The normalized spacial score (nSPS) is 10.8. The van der Waals surface area contributed by atoms with E-state index in [0.717, 1.165) is 108 Å². The third kappa shape index (κ3) is 30.3. The zero-order valence-corrected chi connectivity index (χ0v) is 38.7. The average Bonchev–Trinajstić information content (AvgIpc) is 3.30. The lowest BCUT2D eigenvalue weighted by Gasteiger charge is -2.10. The van der Waals surface area contributed by atoms with Gasteiger partial charge in [0, 0.05) is 60.1 Å². The third-order valence-electron chi connectivity index (χ3n) is 7.88. The molecular weight excluding hydrogens is 1030 g/mol. The van der Waals surface area contributed by atoms with Crippen LogP contribution in [0.25, 0.3) is 10.8 Å². The van der Waals surface area contributed by atoms with Gasteiger partial charge in [-0.15, -0.1) is 0 Å². The van der Waals surface area contributed by atoms with Crippen molar-refractivity contribution in [3.8, 4) is 46.7 Å². The molecule has 0 heterocycles. The maximum atomic E-state index is 10.5. The number of aliphatic carboxylic acids is 4. The highest BCUT2D eigenvalue weighted by Crippen LogP contribution is 2.25. The number of benzene rings is 4. The van der Waals surface area contributed by atoms with Crippen LogP contribution in [0.2, 0.25) is 0 Å². The van der Waals surface area contributed by atoms with Crippen molar-refractivity contribution in [1.29, 1.82) is 0 Å². The number of hydrogen-bond donors (Lipinski definition) is 4. The first-order valence-corrected chi connectivity index (χ1v) is 21.1. The Morgan fingerprint density at radius 1 is 0.365 bits per heavy atom. The quantitative estimate of drug-likeness (QED) is 0.0590. The van der Waals surface area contributed by atoms with Gasteiger partial charge in [0.15, 0.2) is 0 Å². The number of fused-ring (bicyclic) bond motifs is 1. The molecule has 4 aromatic carbocycles. The molecule has 408 valence electrons. The Labute approximate surface area is 413 Å². The molecule has 4 aromatic rings. The van der Waals surface area contributed by atoms with Crippen LogP contribution in [0.3, 0.4) is 0 Å². The molecule has 0 aromatic heterocycles. The lowest BCUT2D eigenvalue weighted by atomic mass is 10.0. The van der Waals surface area contributed by atoms with Gasteiger partial charge in [-0.25, -0.2) is 0 Å². The SMILES string of the molecule is O=C([O-])C(F)(F)F.O=C([O-])C(F)(F)F.O=C([O-])C(F)(F)F.O=C([O-])C(F)(F)F.[NH3+]CCCOc1cc(C#Cc2ccc3ccc(C#Cc4cc(OCCC[NH3+])cc(OCCC[NH3+])c4)cc3c2)cc(OCCC[NH3+])c1. The summed E-state index contributed by atoms with van der Waals surface area (Å²) in [5, 5.41) is 37.3. The first kappa shape index (κ1) is 66.3. The second-order valence-electron chi connectivity index (χ2n) is 14.0. The number of rotatable bonds is 16. The highest BCUT2D eigenvalue weighted by atomic mass is 19.4. The molecule has 28 heteroatoms. The van der Waals surface area contributed by atoms with Gasteiger partial charge >= 0.3 is 24.7 Å². The van der Waals surface area contributed by atoms with E-state index in [2.05, 4.69) is 70.9 Å². The molecule has 0 amide bonds. The first-order chi connectivity index (χ1) is 34.4. The Balaban J connectivity index is 0.00000154. The van der Waals surface area contributed by atoms with Crippen molar-refractivity contribution in [3.63, 3.8) is 0 Å². The molecule has 12 N–H and O–H groups in total. The van der Waals surface area contributed by atoms with E-state index in [1.807, 2.05) is 48.5 Å². The van der Waals surface area contributed by atoms with Crippen LogP contribution in [0.1, 0.15) is 47.9 Å². The minimum atomic E-state index is -5.19. The topological polar surface area (TPSA) is 308 Å². The molecular formula is C46H48F12N4O12. The van der Waals surface area contributed by atoms with E-state index in [9.17, 15) is 52.7 Å². The van der Waals surface area contributed by atoms with Crippen LogP contribution in [0.15, 0.2) is 72.8 Å². The summed E-state index contributed by atoms with van der Waals surface area (Å²) in [7, 11) is 0. The molecule has 0 radical (unpaired) electrons. The van der Waals surface area contributed by atoms with Crippen molar-refractivity contribution in [3.05, 3.63) is 95.1 Å². The minimum Gasteiger partial charge on any atom is -0.542 e. The summed E-state index contributed by atoms with van der Waals surface area (Å²) in [6, 6.07) is 24.1. The number of halogens is 12. The number of carbonyl (C=O) groups excluding carboxylic acids is 4. The Hall–Kier alpha value is -7.66. The first-order valence-electron chi connectivity index (χ1n) is 21.1. The van der Waals surface area contributed by atoms with Gasteiger partial charge < -0.3 is 81.5 Å². The van der Waals surface area contributed by atoms with Crippen molar-refractivity contribution < 1.29 is 134 Å². The standard InChI is InChI=1S/C38H44N4O4.4C2HF3O2/c39-13-1-17-43-35-23-31(24-36(27-35)44-18-2-14-40)7-5-29-9-11-33-12-10-30(22-34(33)21-29)6-8-32-25-37(45-19-3-15-41)28-38(26-32)46-20-4-16-42;4*3-2(4,5)1(6)7/h9-12,21-28H,1-4,13-20,39-42H2;4*(H,6,7). The molecule has 0 aliphatic carbocycles. The molecule has 0 aliphatic heterocycles. The number of ether oxygens (including phenoxy) is 4. The molecule has 74 heavy (non-hydrogen) atoms. The summed E-state index contributed by atoms with van der Waals surface area (Å²) < 4.78 is 150. The predicted molar refractivity (Wildman–Crippen MR) is 225 cm³/mol. The van der Waals surface area contributed by atoms with E-state index in [1.54, 1.807) is 0 Å². The maximum absolute atomic E-state index is 10.5. The van der Waals surface area contributed by atoms with Gasteiger partial charge in [0.05, 0.1) is 52.6 Å². The van der Waals surface area contributed by atoms with Crippen LogP contribution in [-0.4, -0.2) is 101 Å². The molecule has 16 nitrogen and oxygen atoms in total. The Kier molecular flexibility index (Phi) is 29.7. The zero-order valence-electron chi connectivity index (χ0n) is 38.7. The van der Waals surface area contributed by atoms with E-state index >= 15 is 0 Å². The van der Waals surface area contributed by atoms with Crippen molar-refractivity contribution in [2.45, 2.75) is 50.4 Å². The summed E-state index contributed by atoms with van der Waals surface area (Å²) in [5.41, 5.74) is 19.1. The number of carboxylic acids is 4. The van der Waals surface area contributed by atoms with Gasteiger partial charge in [-0.2, -0.15) is 52.7 Å². The molecule has 0 fully saturated rings. The van der Waals surface area contributed by atoms with Crippen LogP contribution in [0.5, 0.6) is 23.0 Å². The lowest BCUT2D eigenvalue weighted by molar-refractivity contribution is -0.369. The van der Waals surface area contributed by atoms with Crippen LogP contribution in [0, 0.1) is 23.7 Å². The number of carboxylic acid groups (broad SMARTS) is 4. The van der Waals surface area contributed by atoms with E-state index in [0.29, 0.717) is 26.4 Å². The summed E-state index contributed by atoms with van der Waals surface area (Å²) in [6.07, 6.45) is -17.2. The summed E-state index contributed by atoms with van der Waals surface area (Å²) in [5.74, 6) is 4.21. The van der Waals surface area contributed by atoms with Crippen LogP contribution >= 0.6 is 0 Å². The Bertz CT molecular complexity index is 2260. The molecule has 0 unspecified atom stereocenters. The monoisotopic (exact) mass is 1080 g/mol. The lowest BCUT2D eigenvalue weighted by Crippen LogP contribution is -2.50. The molecule has 0 spiro atoms. The van der Waals surface area contributed by atoms with Crippen LogP contribution in [0.4, 0.5) is 52.7 Å². The molecule has 0 bridgehead atoms. The third-order valence-corrected chi connectivity index (χ3v) is 7.88. The Morgan fingerprint density at radius 2 is 0.581 bits per heavy atom.